The molecule has 2 heterocycles. The Bertz CT molecular complexity index is 1370. The van der Waals surface area contributed by atoms with Crippen LogP contribution in [0.4, 0.5) is 18.9 Å². The molecule has 0 radical (unpaired) electrons. The first-order valence-electron chi connectivity index (χ1n) is 11.0. The number of rotatable bonds is 6. The second kappa shape index (κ2) is 10.8. The smallest absolute Gasteiger partial charge is 0.416 e. The van der Waals surface area contributed by atoms with Gasteiger partial charge in [-0.25, -0.2) is 4.79 Å². The maximum Gasteiger partial charge on any atom is 0.416 e. The van der Waals surface area contributed by atoms with Crippen molar-refractivity contribution in [2.75, 3.05) is 18.4 Å². The van der Waals surface area contributed by atoms with E-state index in [2.05, 4.69) is 10.3 Å². The topological polar surface area (TPSA) is 106 Å². The number of halogens is 4. The van der Waals surface area contributed by atoms with Crippen LogP contribution in [0, 0.1) is 5.41 Å². The van der Waals surface area contributed by atoms with Crippen LogP contribution in [0.25, 0.3) is 6.08 Å². The minimum Gasteiger partial charge on any atom is -0.478 e. The van der Waals surface area contributed by atoms with Gasteiger partial charge in [-0.1, -0.05) is 29.8 Å². The first-order valence-corrected chi connectivity index (χ1v) is 12.2. The number of nitrogens with one attached hydrogen (secondary N) is 2. The average molecular weight is 549 g/mol. The predicted molar refractivity (Wildman–Crippen MR) is 138 cm³/mol. The molecule has 0 aromatic heterocycles. The number of thioether (sulfide) groups is 1. The van der Waals surface area contributed by atoms with Crippen LogP contribution in [-0.4, -0.2) is 46.4 Å². The number of carboxylic acid groups (broad SMARTS) is 1. The van der Waals surface area contributed by atoms with Gasteiger partial charge in [0.05, 0.1) is 10.5 Å². The molecule has 0 fully saturated rings. The zero-order valence-electron chi connectivity index (χ0n) is 19.1. The van der Waals surface area contributed by atoms with Gasteiger partial charge in [-0.15, -0.1) is 0 Å². The summed E-state index contributed by atoms with van der Waals surface area (Å²) in [6.07, 6.45) is 0.0919. The molecular weight excluding hydrogens is 529 g/mol. The molecule has 0 saturated heterocycles. The van der Waals surface area contributed by atoms with Crippen LogP contribution < -0.4 is 5.32 Å². The first kappa shape index (κ1) is 26.5. The van der Waals surface area contributed by atoms with Gasteiger partial charge < -0.3 is 20.7 Å². The number of hydrogen-bond acceptors (Lipinski definition) is 6. The molecule has 7 nitrogen and oxygen atoms in total. The Morgan fingerprint density at radius 3 is 2.70 bits per heavy atom. The van der Waals surface area contributed by atoms with Crippen molar-refractivity contribution in [2.45, 2.75) is 19.1 Å². The summed E-state index contributed by atoms with van der Waals surface area (Å²) in [6.45, 7) is 0.648. The van der Waals surface area contributed by atoms with E-state index < -0.39 is 23.6 Å². The fraction of sp³-hybridized carbons (Fsp3) is 0.200. The Morgan fingerprint density at radius 2 is 2.05 bits per heavy atom. The van der Waals surface area contributed by atoms with Crippen molar-refractivity contribution >= 4 is 58.4 Å². The second-order valence-electron chi connectivity index (χ2n) is 8.18. The molecule has 0 bridgehead atoms. The lowest BCUT2D eigenvalue weighted by Gasteiger charge is -2.25. The second-order valence-corrected chi connectivity index (χ2v) is 9.63. The van der Waals surface area contributed by atoms with E-state index >= 15 is 0 Å². The Kier molecular flexibility index (Phi) is 7.74. The number of amidine groups is 1. The number of aliphatic carboxylic acids is 1. The number of nitrogens with zero attached hydrogens (tertiary/aromatic N) is 2. The number of alkyl halides is 3. The van der Waals surface area contributed by atoms with Gasteiger partial charge >= 0.3 is 12.1 Å². The zero-order valence-corrected chi connectivity index (χ0v) is 20.7. The van der Waals surface area contributed by atoms with Crippen molar-refractivity contribution in [1.82, 2.24) is 4.90 Å². The summed E-state index contributed by atoms with van der Waals surface area (Å²) < 4.78 is 40.1. The fourth-order valence-corrected chi connectivity index (χ4v) is 4.95. The fourth-order valence-electron chi connectivity index (χ4n) is 3.83. The summed E-state index contributed by atoms with van der Waals surface area (Å²) in [5.74, 6) is -1.37. The number of aliphatic imine (C=N–C) groups is 1. The van der Waals surface area contributed by atoms with E-state index in [1.165, 1.54) is 23.9 Å². The van der Waals surface area contributed by atoms with Crippen LogP contribution in [0.15, 0.2) is 57.9 Å². The molecule has 1 amide bonds. The number of benzene rings is 2. The van der Waals surface area contributed by atoms with Crippen LogP contribution in [0.3, 0.4) is 0 Å². The zero-order chi connectivity index (χ0) is 26.7. The third kappa shape index (κ3) is 6.23. The SMILES string of the molecule is N=Cc1cc(/C=C2\SC(N3CC=C(C(=O)O)CC3)=NC2=O)ccc1NCc1ccc(Cl)cc1C(F)(F)F. The quantitative estimate of drug-likeness (QED) is 0.318. The summed E-state index contributed by atoms with van der Waals surface area (Å²) in [6, 6.07) is 8.53. The van der Waals surface area contributed by atoms with Crippen LogP contribution in [0.5, 0.6) is 0 Å². The van der Waals surface area contributed by atoms with Gasteiger partial charge in [0.25, 0.3) is 5.91 Å². The Hall–Kier alpha value is -3.57. The lowest BCUT2D eigenvalue weighted by atomic mass is 10.1. The molecule has 0 saturated carbocycles. The summed E-state index contributed by atoms with van der Waals surface area (Å²) in [4.78, 5) is 29.8. The molecule has 2 aliphatic rings. The molecule has 0 aliphatic carbocycles. The highest BCUT2D eigenvalue weighted by molar-refractivity contribution is 8.18. The van der Waals surface area contributed by atoms with E-state index in [0.29, 0.717) is 52.0 Å². The maximum absolute atomic E-state index is 13.4. The highest BCUT2D eigenvalue weighted by Gasteiger charge is 2.33. The minimum atomic E-state index is -4.56. The maximum atomic E-state index is 13.4. The van der Waals surface area contributed by atoms with E-state index in [4.69, 9.17) is 22.1 Å². The molecule has 0 unspecified atom stereocenters. The lowest BCUT2D eigenvalue weighted by molar-refractivity contribution is -0.138. The average Bonchev–Trinajstić information content (AvgIpc) is 3.23. The van der Waals surface area contributed by atoms with E-state index in [0.717, 1.165) is 12.3 Å². The predicted octanol–water partition coefficient (Wildman–Crippen LogP) is 5.66. The highest BCUT2D eigenvalue weighted by atomic mass is 35.5. The Labute approximate surface area is 219 Å². The molecule has 2 aromatic carbocycles. The van der Waals surface area contributed by atoms with E-state index in [1.54, 1.807) is 30.4 Å². The molecular formula is C25H20ClF3N4O3S. The van der Waals surface area contributed by atoms with Crippen LogP contribution in [-0.2, 0) is 22.3 Å². The largest absolute Gasteiger partial charge is 0.478 e. The van der Waals surface area contributed by atoms with Gasteiger partial charge in [-0.2, -0.15) is 18.2 Å². The molecule has 3 N–H and O–H groups in total. The monoisotopic (exact) mass is 548 g/mol. The number of amides is 1. The van der Waals surface area contributed by atoms with Crippen molar-refractivity contribution in [3.05, 3.63) is 80.2 Å². The van der Waals surface area contributed by atoms with Crippen LogP contribution in [0.1, 0.15) is 28.7 Å². The minimum absolute atomic E-state index is 0.0122. The van der Waals surface area contributed by atoms with Crippen molar-refractivity contribution in [1.29, 1.82) is 5.41 Å². The first-order chi connectivity index (χ1) is 17.5. The van der Waals surface area contributed by atoms with Crippen LogP contribution >= 0.6 is 23.4 Å². The summed E-state index contributed by atoms with van der Waals surface area (Å²) >= 11 is 6.92. The van der Waals surface area contributed by atoms with Crippen molar-refractivity contribution in [3.63, 3.8) is 0 Å². The van der Waals surface area contributed by atoms with Crippen LogP contribution in [0.2, 0.25) is 5.02 Å². The van der Waals surface area contributed by atoms with Gasteiger partial charge in [0, 0.05) is 47.7 Å². The summed E-state index contributed by atoms with van der Waals surface area (Å²) in [7, 11) is 0. The molecule has 2 aliphatic heterocycles. The molecule has 0 atom stereocenters. The number of carboxylic acids is 1. The Morgan fingerprint density at radius 1 is 1.27 bits per heavy atom. The molecule has 4 rings (SSSR count). The molecule has 12 heteroatoms. The number of carbonyl (C=O) groups is 2. The van der Waals surface area contributed by atoms with E-state index in [9.17, 15) is 22.8 Å². The standard InChI is InChI=1S/C25H20ClF3N4O3S/c26-18-3-2-16(19(11-18)25(27,28)29)13-31-20-4-1-14(9-17(20)12-30)10-21-22(34)32-24(37-21)33-7-5-15(6-8-33)23(35)36/h1-5,9-12,30-31H,6-8,13H2,(H,35,36)/b21-10-,30-12?. The van der Waals surface area contributed by atoms with E-state index in [1.807, 2.05) is 4.90 Å². The Balaban J connectivity index is 1.47. The van der Waals surface area contributed by atoms with Gasteiger partial charge in [-0.3, -0.25) is 4.79 Å². The van der Waals surface area contributed by atoms with Gasteiger partial charge in [0.1, 0.15) is 0 Å². The van der Waals surface area contributed by atoms with Gasteiger partial charge in [0.15, 0.2) is 5.17 Å². The van der Waals surface area contributed by atoms with Crippen molar-refractivity contribution in [2.24, 2.45) is 4.99 Å². The molecule has 192 valence electrons. The highest BCUT2D eigenvalue weighted by Crippen LogP contribution is 2.35. The van der Waals surface area contributed by atoms with Gasteiger partial charge in [0.2, 0.25) is 0 Å². The third-order valence-electron chi connectivity index (χ3n) is 5.74. The molecule has 2 aromatic rings. The lowest BCUT2D eigenvalue weighted by Crippen LogP contribution is -2.33. The molecule has 0 spiro atoms. The summed E-state index contributed by atoms with van der Waals surface area (Å²) in [5.41, 5.74) is 1.01. The normalized spacial score (nSPS) is 17.0. The summed E-state index contributed by atoms with van der Waals surface area (Å²) in [5, 5.41) is 20.2. The number of carbonyl (C=O) groups excluding carboxylic acids is 1. The van der Waals surface area contributed by atoms with Crippen molar-refractivity contribution in [3.8, 4) is 0 Å². The van der Waals surface area contributed by atoms with E-state index in [-0.39, 0.29) is 17.1 Å². The van der Waals surface area contributed by atoms with Gasteiger partial charge in [-0.05, 0) is 59.7 Å². The third-order valence-corrected chi connectivity index (χ3v) is 7.02. The number of hydrogen-bond donors (Lipinski definition) is 3. The molecule has 37 heavy (non-hydrogen) atoms. The number of anilines is 1. The van der Waals surface area contributed by atoms with Crippen molar-refractivity contribution < 1.29 is 27.9 Å².